The number of hydrogen-bond donors (Lipinski definition) is 1. The molecule has 180 valence electrons. The van der Waals surface area contributed by atoms with Gasteiger partial charge in [-0.05, 0) is 55.7 Å². The number of carbonyl (C=O) groups is 1. The lowest BCUT2D eigenvalue weighted by Gasteiger charge is -2.17. The van der Waals surface area contributed by atoms with E-state index in [4.69, 9.17) is 9.15 Å². The van der Waals surface area contributed by atoms with Crippen LogP contribution in [0.4, 0.5) is 0 Å². The SMILES string of the molecule is CCC(NS(=O)(=O)c1ccc(C)cc1)C(=O)Oc1ccc2c(-c3ccccc3)cc(=O)oc2c1C. The molecule has 0 saturated heterocycles. The molecular weight excluding hydrogens is 466 g/mol. The molecule has 1 aromatic heterocycles. The van der Waals surface area contributed by atoms with Crippen LogP contribution in [0.25, 0.3) is 22.1 Å². The van der Waals surface area contributed by atoms with Gasteiger partial charge in [-0.2, -0.15) is 4.72 Å². The summed E-state index contributed by atoms with van der Waals surface area (Å²) in [7, 11) is -3.92. The van der Waals surface area contributed by atoms with Gasteiger partial charge in [0.05, 0.1) is 4.90 Å². The van der Waals surface area contributed by atoms with Crippen molar-refractivity contribution in [3.8, 4) is 16.9 Å². The number of hydrogen-bond acceptors (Lipinski definition) is 6. The predicted molar refractivity (Wildman–Crippen MR) is 134 cm³/mol. The quantitative estimate of drug-likeness (QED) is 0.228. The number of aryl methyl sites for hydroxylation is 2. The summed E-state index contributed by atoms with van der Waals surface area (Å²) >= 11 is 0. The van der Waals surface area contributed by atoms with Crippen molar-refractivity contribution in [3.63, 3.8) is 0 Å². The van der Waals surface area contributed by atoms with E-state index in [1.165, 1.54) is 18.2 Å². The van der Waals surface area contributed by atoms with E-state index >= 15 is 0 Å². The van der Waals surface area contributed by atoms with Crippen LogP contribution in [0.5, 0.6) is 5.75 Å². The number of rotatable bonds is 7. The van der Waals surface area contributed by atoms with Crippen molar-refractivity contribution < 1.29 is 22.4 Å². The highest BCUT2D eigenvalue weighted by molar-refractivity contribution is 7.89. The highest BCUT2D eigenvalue weighted by atomic mass is 32.2. The second-order valence-electron chi connectivity index (χ2n) is 8.23. The van der Waals surface area contributed by atoms with Gasteiger partial charge in [0.1, 0.15) is 17.4 Å². The normalized spacial score (nSPS) is 12.4. The number of carbonyl (C=O) groups excluding carboxylic acids is 1. The van der Waals surface area contributed by atoms with Gasteiger partial charge < -0.3 is 9.15 Å². The Morgan fingerprint density at radius 3 is 2.34 bits per heavy atom. The lowest BCUT2D eigenvalue weighted by Crippen LogP contribution is -2.42. The van der Waals surface area contributed by atoms with E-state index in [0.717, 1.165) is 11.1 Å². The Kier molecular flexibility index (Phi) is 6.86. The van der Waals surface area contributed by atoms with Gasteiger partial charge in [0.2, 0.25) is 10.0 Å². The molecule has 0 spiro atoms. The van der Waals surface area contributed by atoms with Gasteiger partial charge in [-0.15, -0.1) is 0 Å². The highest BCUT2D eigenvalue weighted by Gasteiger charge is 2.27. The average molecular weight is 492 g/mol. The molecule has 0 aliphatic rings. The van der Waals surface area contributed by atoms with Crippen LogP contribution >= 0.6 is 0 Å². The van der Waals surface area contributed by atoms with Gasteiger partial charge in [0.25, 0.3) is 0 Å². The number of benzene rings is 3. The molecule has 1 atom stereocenters. The van der Waals surface area contributed by atoms with Crippen LogP contribution in [0.2, 0.25) is 0 Å². The van der Waals surface area contributed by atoms with E-state index in [9.17, 15) is 18.0 Å². The first-order valence-corrected chi connectivity index (χ1v) is 12.6. The summed E-state index contributed by atoms with van der Waals surface area (Å²) < 4.78 is 38.9. The Hall–Kier alpha value is -3.75. The molecule has 0 aliphatic carbocycles. The van der Waals surface area contributed by atoms with Crippen LogP contribution in [0.3, 0.4) is 0 Å². The largest absolute Gasteiger partial charge is 0.425 e. The maximum Gasteiger partial charge on any atom is 0.336 e. The molecule has 0 saturated carbocycles. The van der Waals surface area contributed by atoms with Crippen molar-refractivity contribution in [2.45, 2.75) is 38.1 Å². The summed E-state index contributed by atoms with van der Waals surface area (Å²) in [6.07, 6.45) is 0.184. The third kappa shape index (κ3) is 5.18. The van der Waals surface area contributed by atoms with Crippen LogP contribution in [-0.4, -0.2) is 20.4 Å². The topological polar surface area (TPSA) is 103 Å². The van der Waals surface area contributed by atoms with Crippen LogP contribution in [0.1, 0.15) is 24.5 Å². The molecule has 7 nitrogen and oxygen atoms in total. The Labute approximate surface area is 203 Å². The van der Waals surface area contributed by atoms with Gasteiger partial charge in [-0.25, -0.2) is 18.0 Å². The lowest BCUT2D eigenvalue weighted by atomic mass is 10.0. The molecule has 0 aliphatic heterocycles. The molecule has 8 heteroatoms. The van der Waals surface area contributed by atoms with E-state index in [1.807, 2.05) is 37.3 Å². The average Bonchev–Trinajstić information content (AvgIpc) is 2.85. The van der Waals surface area contributed by atoms with Crippen LogP contribution in [-0.2, 0) is 14.8 Å². The van der Waals surface area contributed by atoms with Crippen molar-refractivity contribution in [2.24, 2.45) is 0 Å². The fraction of sp³-hybridized carbons (Fsp3) is 0.185. The fourth-order valence-corrected chi connectivity index (χ4v) is 5.03. The lowest BCUT2D eigenvalue weighted by molar-refractivity contribution is -0.136. The summed E-state index contributed by atoms with van der Waals surface area (Å²) in [6, 6.07) is 19.4. The predicted octanol–water partition coefficient (Wildman–Crippen LogP) is 4.74. The molecule has 0 amide bonds. The Bertz CT molecular complexity index is 1540. The van der Waals surface area contributed by atoms with Gasteiger partial charge in [0, 0.05) is 17.0 Å². The second-order valence-corrected chi connectivity index (χ2v) is 9.94. The van der Waals surface area contributed by atoms with Gasteiger partial charge in [-0.3, -0.25) is 0 Å². The summed E-state index contributed by atoms with van der Waals surface area (Å²) in [4.78, 5) is 25.2. The molecule has 4 rings (SSSR count). The van der Waals surface area contributed by atoms with Crippen LogP contribution in [0, 0.1) is 13.8 Å². The molecular formula is C27H25NO6S. The monoisotopic (exact) mass is 491 g/mol. The minimum atomic E-state index is -3.92. The van der Waals surface area contributed by atoms with Crippen LogP contribution < -0.4 is 15.1 Å². The van der Waals surface area contributed by atoms with Crippen molar-refractivity contribution in [1.29, 1.82) is 0 Å². The molecule has 0 radical (unpaired) electrons. The summed E-state index contributed by atoms with van der Waals surface area (Å²) in [5.41, 5.74) is 2.71. The van der Waals surface area contributed by atoms with E-state index in [0.29, 0.717) is 22.1 Å². The summed E-state index contributed by atoms with van der Waals surface area (Å²) in [5.74, 6) is -0.573. The first-order chi connectivity index (χ1) is 16.7. The molecule has 0 bridgehead atoms. The summed E-state index contributed by atoms with van der Waals surface area (Å²) in [5, 5.41) is 0.695. The summed E-state index contributed by atoms with van der Waals surface area (Å²) in [6.45, 7) is 5.22. The molecule has 1 unspecified atom stereocenters. The maximum atomic E-state index is 12.9. The number of ether oxygens (including phenoxy) is 1. The highest BCUT2D eigenvalue weighted by Crippen LogP contribution is 2.33. The van der Waals surface area contributed by atoms with E-state index in [-0.39, 0.29) is 17.1 Å². The molecule has 35 heavy (non-hydrogen) atoms. The van der Waals surface area contributed by atoms with Crippen LogP contribution in [0.15, 0.2) is 86.9 Å². The van der Waals surface area contributed by atoms with Crippen molar-refractivity contribution in [1.82, 2.24) is 4.72 Å². The third-order valence-electron chi connectivity index (χ3n) is 5.73. The standard InChI is InChI=1S/C27H25NO6S/c1-4-23(28-35(31,32)20-12-10-17(2)11-13-20)27(30)33-24-15-14-21-22(19-8-6-5-7-9-19)16-25(29)34-26(21)18(24)3/h5-16,23,28H,4H2,1-3H3. The Morgan fingerprint density at radius 2 is 1.69 bits per heavy atom. The first-order valence-electron chi connectivity index (χ1n) is 11.1. The maximum absolute atomic E-state index is 12.9. The van der Waals surface area contributed by atoms with Crippen molar-refractivity contribution >= 4 is 27.0 Å². The van der Waals surface area contributed by atoms with E-state index in [2.05, 4.69) is 4.72 Å². The van der Waals surface area contributed by atoms with Gasteiger partial charge >= 0.3 is 11.6 Å². The Morgan fingerprint density at radius 1 is 1.00 bits per heavy atom. The Balaban J connectivity index is 1.63. The van der Waals surface area contributed by atoms with Crippen molar-refractivity contribution in [2.75, 3.05) is 0 Å². The zero-order valence-electron chi connectivity index (χ0n) is 19.6. The molecule has 3 aromatic carbocycles. The number of esters is 1. The molecule has 0 fully saturated rings. The number of fused-ring (bicyclic) bond motifs is 1. The zero-order valence-corrected chi connectivity index (χ0v) is 20.4. The number of sulfonamides is 1. The van der Waals surface area contributed by atoms with Crippen molar-refractivity contribution in [3.05, 3.63) is 94.3 Å². The van der Waals surface area contributed by atoms with Gasteiger partial charge in [-0.1, -0.05) is 55.0 Å². The first kappa shape index (κ1) is 24.4. The minimum absolute atomic E-state index is 0.0615. The zero-order chi connectivity index (χ0) is 25.2. The van der Waals surface area contributed by atoms with E-state index in [1.54, 1.807) is 38.1 Å². The molecule has 1 heterocycles. The molecule has 1 N–H and O–H groups in total. The fourth-order valence-electron chi connectivity index (χ4n) is 3.76. The molecule has 4 aromatic rings. The van der Waals surface area contributed by atoms with Gasteiger partial charge in [0.15, 0.2) is 0 Å². The number of nitrogens with one attached hydrogen (secondary N) is 1. The minimum Gasteiger partial charge on any atom is -0.425 e. The second kappa shape index (κ2) is 9.85. The smallest absolute Gasteiger partial charge is 0.336 e. The van der Waals surface area contributed by atoms with E-state index < -0.39 is 27.7 Å². The third-order valence-corrected chi connectivity index (χ3v) is 7.22.